The number of nitrogens with zero attached hydrogens (tertiary/aromatic N) is 1. The molecule has 2 aromatic carbocycles. The number of sulfonamides is 1. The molecule has 0 radical (unpaired) electrons. The van der Waals surface area contributed by atoms with Gasteiger partial charge < -0.3 is 5.32 Å². The lowest BCUT2D eigenvalue weighted by Gasteiger charge is -2.25. The molecule has 1 aliphatic carbocycles. The van der Waals surface area contributed by atoms with Crippen molar-refractivity contribution in [3.05, 3.63) is 69.7 Å². The first-order valence-electron chi connectivity index (χ1n) is 9.76. The van der Waals surface area contributed by atoms with Gasteiger partial charge >= 0.3 is 0 Å². The molecule has 0 aliphatic heterocycles. The summed E-state index contributed by atoms with van der Waals surface area (Å²) in [4.78, 5) is 12.8. The van der Waals surface area contributed by atoms with E-state index in [2.05, 4.69) is 11.4 Å². The van der Waals surface area contributed by atoms with Crippen LogP contribution in [0.4, 0.5) is 5.69 Å². The molecule has 0 atom stereocenters. The van der Waals surface area contributed by atoms with Crippen molar-refractivity contribution in [3.63, 3.8) is 0 Å². The van der Waals surface area contributed by atoms with Crippen molar-refractivity contribution in [1.29, 1.82) is 0 Å². The number of benzene rings is 2. The van der Waals surface area contributed by atoms with Crippen LogP contribution in [-0.4, -0.2) is 27.4 Å². The third kappa shape index (κ3) is 5.78. The van der Waals surface area contributed by atoms with E-state index in [9.17, 15) is 13.2 Å². The summed E-state index contributed by atoms with van der Waals surface area (Å²) in [5.41, 5.74) is 2.35. The third-order valence-electron chi connectivity index (χ3n) is 4.93. The van der Waals surface area contributed by atoms with Gasteiger partial charge in [-0.3, -0.25) is 9.10 Å². The maximum atomic E-state index is 13.4. The van der Waals surface area contributed by atoms with Gasteiger partial charge in [0.25, 0.3) is 10.0 Å². The molecule has 8 heteroatoms. The van der Waals surface area contributed by atoms with Gasteiger partial charge in [-0.2, -0.15) is 0 Å². The lowest BCUT2D eigenvalue weighted by molar-refractivity contribution is -0.119. The molecule has 1 N–H and O–H groups in total. The molecule has 5 nitrogen and oxygen atoms in total. The van der Waals surface area contributed by atoms with Crippen molar-refractivity contribution in [3.8, 4) is 0 Å². The quantitative estimate of drug-likeness (QED) is 0.576. The monoisotopic (exact) mass is 466 g/mol. The summed E-state index contributed by atoms with van der Waals surface area (Å²) in [6, 6.07) is 10.9. The SMILES string of the molecule is Cc1ccc(S(=O)(=O)N(CC(=O)NCC2=CCCCC2)c2cc(Cl)cc(Cl)c2)cc1. The highest BCUT2D eigenvalue weighted by Gasteiger charge is 2.27. The standard InChI is InChI=1S/C22H24Cl2N2O3S/c1-16-7-9-21(10-8-16)30(28,29)26(20-12-18(23)11-19(24)13-20)15-22(27)25-14-17-5-3-2-4-6-17/h5,7-13H,2-4,6,14-15H2,1H3,(H,25,27). The minimum atomic E-state index is -4.00. The highest BCUT2D eigenvalue weighted by atomic mass is 35.5. The Morgan fingerprint density at radius 3 is 2.33 bits per heavy atom. The van der Waals surface area contributed by atoms with E-state index in [1.54, 1.807) is 12.1 Å². The number of allylic oxidation sites excluding steroid dienone is 1. The van der Waals surface area contributed by atoms with Crippen LogP contribution in [0.1, 0.15) is 31.2 Å². The number of halogens is 2. The molecule has 0 fully saturated rings. The fourth-order valence-corrected chi connectivity index (χ4v) is 5.22. The van der Waals surface area contributed by atoms with Crippen molar-refractivity contribution in [2.45, 2.75) is 37.5 Å². The van der Waals surface area contributed by atoms with Crippen LogP contribution in [0.5, 0.6) is 0 Å². The molecule has 0 saturated carbocycles. The second-order valence-electron chi connectivity index (χ2n) is 7.34. The van der Waals surface area contributed by atoms with Crippen LogP contribution < -0.4 is 9.62 Å². The number of rotatable bonds is 7. The molecule has 0 spiro atoms. The average molecular weight is 467 g/mol. The number of carbonyl (C=O) groups is 1. The van der Waals surface area contributed by atoms with Gasteiger partial charge in [-0.25, -0.2) is 8.42 Å². The topological polar surface area (TPSA) is 66.5 Å². The lowest BCUT2D eigenvalue weighted by Crippen LogP contribution is -2.41. The first-order valence-corrected chi connectivity index (χ1v) is 12.0. The molecule has 0 aromatic heterocycles. The molecule has 3 rings (SSSR count). The second-order valence-corrected chi connectivity index (χ2v) is 10.1. The maximum Gasteiger partial charge on any atom is 0.264 e. The van der Waals surface area contributed by atoms with Crippen molar-refractivity contribution in [2.75, 3.05) is 17.4 Å². The molecular weight excluding hydrogens is 443 g/mol. The molecule has 0 saturated heterocycles. The Hall–Kier alpha value is -2.02. The van der Waals surface area contributed by atoms with E-state index in [-0.39, 0.29) is 27.2 Å². The summed E-state index contributed by atoms with van der Waals surface area (Å²) in [5.74, 6) is -0.395. The predicted octanol–water partition coefficient (Wildman–Crippen LogP) is 5.11. The van der Waals surface area contributed by atoms with Gasteiger partial charge in [0.05, 0.1) is 10.6 Å². The summed E-state index contributed by atoms with van der Waals surface area (Å²) in [7, 11) is -4.00. The minimum absolute atomic E-state index is 0.0898. The lowest BCUT2D eigenvalue weighted by atomic mass is 10.00. The van der Waals surface area contributed by atoms with Crippen molar-refractivity contribution >= 4 is 44.8 Å². The number of carbonyl (C=O) groups excluding carboxylic acids is 1. The van der Waals surface area contributed by atoms with Crippen LogP contribution in [-0.2, 0) is 14.8 Å². The number of anilines is 1. The fraction of sp³-hybridized carbons (Fsp3) is 0.318. The predicted molar refractivity (Wildman–Crippen MR) is 122 cm³/mol. The maximum absolute atomic E-state index is 13.4. The summed E-state index contributed by atoms with van der Waals surface area (Å²) in [6.45, 7) is 1.92. The smallest absolute Gasteiger partial charge is 0.264 e. The van der Waals surface area contributed by atoms with Crippen molar-refractivity contribution in [2.24, 2.45) is 0 Å². The Morgan fingerprint density at radius 2 is 1.73 bits per heavy atom. The van der Waals surface area contributed by atoms with Gasteiger partial charge in [0.2, 0.25) is 5.91 Å². The average Bonchev–Trinajstić information content (AvgIpc) is 2.70. The van der Waals surface area contributed by atoms with Gasteiger partial charge in [0, 0.05) is 16.6 Å². The van der Waals surface area contributed by atoms with Crippen LogP contribution in [0.25, 0.3) is 0 Å². The molecule has 2 aromatic rings. The van der Waals surface area contributed by atoms with E-state index >= 15 is 0 Å². The van der Waals surface area contributed by atoms with E-state index in [0.29, 0.717) is 6.54 Å². The number of nitrogens with one attached hydrogen (secondary N) is 1. The third-order valence-corrected chi connectivity index (χ3v) is 7.15. The first kappa shape index (κ1) is 22.7. The molecule has 1 amide bonds. The number of hydrogen-bond donors (Lipinski definition) is 1. The molecule has 1 aliphatic rings. The van der Waals surface area contributed by atoms with Gasteiger partial charge in [0.15, 0.2) is 0 Å². The van der Waals surface area contributed by atoms with Gasteiger partial charge in [-0.1, -0.05) is 52.5 Å². The Morgan fingerprint density at radius 1 is 1.07 bits per heavy atom. The van der Waals surface area contributed by atoms with Gasteiger partial charge in [0.1, 0.15) is 6.54 Å². The molecule has 30 heavy (non-hydrogen) atoms. The summed E-state index contributed by atoms with van der Waals surface area (Å²) in [6.07, 6.45) is 6.38. The largest absolute Gasteiger partial charge is 0.351 e. The van der Waals surface area contributed by atoms with Crippen LogP contribution in [0, 0.1) is 6.92 Å². The van der Waals surface area contributed by atoms with E-state index < -0.39 is 15.9 Å². The zero-order valence-electron chi connectivity index (χ0n) is 16.7. The van der Waals surface area contributed by atoms with Crippen LogP contribution in [0.15, 0.2) is 59.0 Å². The fourth-order valence-electron chi connectivity index (χ4n) is 3.30. The van der Waals surface area contributed by atoms with E-state index in [1.165, 1.54) is 35.9 Å². The first-order chi connectivity index (χ1) is 14.3. The summed E-state index contributed by atoms with van der Waals surface area (Å²) >= 11 is 12.2. The number of aryl methyl sites for hydroxylation is 1. The molecule has 0 heterocycles. The molecule has 160 valence electrons. The Labute approximate surface area is 187 Å². The Balaban J connectivity index is 1.88. The highest BCUT2D eigenvalue weighted by molar-refractivity contribution is 7.92. The molecule has 0 bridgehead atoms. The number of hydrogen-bond acceptors (Lipinski definition) is 3. The summed E-state index contributed by atoms with van der Waals surface area (Å²) in [5, 5.41) is 3.41. The van der Waals surface area contributed by atoms with Crippen LogP contribution >= 0.6 is 23.2 Å². The van der Waals surface area contributed by atoms with E-state index in [1.807, 2.05) is 6.92 Å². The zero-order valence-corrected chi connectivity index (χ0v) is 19.0. The molecule has 0 unspecified atom stereocenters. The van der Waals surface area contributed by atoms with E-state index in [4.69, 9.17) is 23.2 Å². The Kier molecular flexibility index (Phi) is 7.45. The Bertz CT molecular complexity index is 1030. The zero-order chi connectivity index (χ0) is 21.7. The van der Waals surface area contributed by atoms with Gasteiger partial charge in [-0.15, -0.1) is 0 Å². The minimum Gasteiger partial charge on any atom is -0.351 e. The van der Waals surface area contributed by atoms with Crippen molar-refractivity contribution < 1.29 is 13.2 Å². The van der Waals surface area contributed by atoms with E-state index in [0.717, 1.165) is 35.6 Å². The van der Waals surface area contributed by atoms with Crippen LogP contribution in [0.3, 0.4) is 0 Å². The normalized spacial score (nSPS) is 14.2. The summed E-state index contributed by atoms with van der Waals surface area (Å²) < 4.78 is 27.8. The number of amides is 1. The van der Waals surface area contributed by atoms with Crippen molar-refractivity contribution in [1.82, 2.24) is 5.32 Å². The second kappa shape index (κ2) is 9.86. The molecular formula is C22H24Cl2N2O3S. The van der Waals surface area contributed by atoms with Crippen LogP contribution in [0.2, 0.25) is 10.0 Å². The van der Waals surface area contributed by atoms with Gasteiger partial charge in [-0.05, 0) is 62.9 Å². The highest BCUT2D eigenvalue weighted by Crippen LogP contribution is 2.29.